The van der Waals surface area contributed by atoms with E-state index in [9.17, 15) is 4.79 Å². The lowest BCUT2D eigenvalue weighted by molar-refractivity contribution is -0.142. The molecule has 1 N–H and O–H groups in total. The number of esters is 1. The standard InChI is InChI=1S/C13H16N2O2/c1-3-17-13(16)9-15-10(2)12-6-4-5-11(7-12)8-14/h4-7,10,15H,3,9H2,1-2H3. The van der Waals surface area contributed by atoms with E-state index in [4.69, 9.17) is 10.00 Å². The van der Waals surface area contributed by atoms with E-state index >= 15 is 0 Å². The highest BCUT2D eigenvalue weighted by molar-refractivity contribution is 5.71. The first-order valence-electron chi connectivity index (χ1n) is 5.56. The van der Waals surface area contributed by atoms with Crippen LogP contribution in [0.5, 0.6) is 0 Å². The van der Waals surface area contributed by atoms with Crippen LogP contribution in [0.4, 0.5) is 0 Å². The van der Waals surface area contributed by atoms with Gasteiger partial charge in [-0.1, -0.05) is 12.1 Å². The van der Waals surface area contributed by atoms with Gasteiger partial charge in [-0.2, -0.15) is 5.26 Å². The van der Waals surface area contributed by atoms with E-state index in [2.05, 4.69) is 11.4 Å². The number of benzene rings is 1. The van der Waals surface area contributed by atoms with Gasteiger partial charge >= 0.3 is 5.97 Å². The summed E-state index contributed by atoms with van der Waals surface area (Å²) in [5, 5.41) is 11.8. The number of carbonyl (C=O) groups excluding carboxylic acids is 1. The number of hydrogen-bond donors (Lipinski definition) is 1. The lowest BCUT2D eigenvalue weighted by atomic mass is 10.1. The summed E-state index contributed by atoms with van der Waals surface area (Å²) < 4.78 is 4.82. The van der Waals surface area contributed by atoms with E-state index in [1.165, 1.54) is 0 Å². The average Bonchev–Trinajstić information content (AvgIpc) is 2.36. The molecule has 1 aromatic rings. The van der Waals surface area contributed by atoms with Crippen LogP contribution in [0.1, 0.15) is 31.0 Å². The van der Waals surface area contributed by atoms with Crippen molar-refractivity contribution in [2.75, 3.05) is 13.2 Å². The van der Waals surface area contributed by atoms with Crippen LogP contribution in [0, 0.1) is 11.3 Å². The minimum absolute atomic E-state index is 0.00714. The van der Waals surface area contributed by atoms with Crippen molar-refractivity contribution in [3.8, 4) is 6.07 Å². The normalized spacial score (nSPS) is 11.6. The quantitative estimate of drug-likeness (QED) is 0.786. The topological polar surface area (TPSA) is 62.1 Å². The predicted molar refractivity (Wildman–Crippen MR) is 64.2 cm³/mol. The Hall–Kier alpha value is -1.86. The van der Waals surface area contributed by atoms with Crippen LogP contribution in [0.15, 0.2) is 24.3 Å². The smallest absolute Gasteiger partial charge is 0.319 e. The Morgan fingerprint density at radius 3 is 3.00 bits per heavy atom. The third kappa shape index (κ3) is 4.25. The summed E-state index contributed by atoms with van der Waals surface area (Å²) in [5.41, 5.74) is 1.60. The van der Waals surface area contributed by atoms with Gasteiger partial charge in [-0.3, -0.25) is 4.79 Å². The highest BCUT2D eigenvalue weighted by atomic mass is 16.5. The monoisotopic (exact) mass is 232 g/mol. The second-order valence-corrected chi connectivity index (χ2v) is 3.64. The second-order valence-electron chi connectivity index (χ2n) is 3.64. The van der Waals surface area contributed by atoms with Gasteiger partial charge in [0.2, 0.25) is 0 Å². The molecule has 4 heteroatoms. The van der Waals surface area contributed by atoms with Crippen molar-refractivity contribution >= 4 is 5.97 Å². The molecule has 1 aromatic carbocycles. The molecular formula is C13H16N2O2. The molecule has 1 unspecified atom stereocenters. The molecule has 4 nitrogen and oxygen atoms in total. The average molecular weight is 232 g/mol. The van der Waals surface area contributed by atoms with Gasteiger partial charge in [-0.25, -0.2) is 0 Å². The summed E-state index contributed by atoms with van der Waals surface area (Å²) in [4.78, 5) is 11.2. The van der Waals surface area contributed by atoms with Crippen molar-refractivity contribution in [1.82, 2.24) is 5.32 Å². The second kappa shape index (κ2) is 6.66. The summed E-state index contributed by atoms with van der Waals surface area (Å²) in [6.45, 7) is 4.28. The van der Waals surface area contributed by atoms with Gasteiger partial charge in [0.05, 0.1) is 24.8 Å². The molecule has 0 amide bonds. The molecule has 0 fully saturated rings. The van der Waals surface area contributed by atoms with Crippen molar-refractivity contribution in [2.45, 2.75) is 19.9 Å². The molecule has 90 valence electrons. The van der Waals surface area contributed by atoms with E-state index in [0.29, 0.717) is 12.2 Å². The molecule has 0 bridgehead atoms. The van der Waals surface area contributed by atoms with Crippen LogP contribution < -0.4 is 5.32 Å². The molecule has 0 aliphatic carbocycles. The van der Waals surface area contributed by atoms with Crippen LogP contribution in [0.25, 0.3) is 0 Å². The summed E-state index contributed by atoms with van der Waals surface area (Å²) in [6.07, 6.45) is 0. The van der Waals surface area contributed by atoms with Crippen LogP contribution in [0.3, 0.4) is 0 Å². The molecule has 1 rings (SSSR count). The molecule has 0 radical (unpaired) electrons. The fourth-order valence-corrected chi connectivity index (χ4v) is 1.44. The third-order valence-corrected chi connectivity index (χ3v) is 2.37. The summed E-state index contributed by atoms with van der Waals surface area (Å²) in [6, 6.07) is 9.41. The van der Waals surface area contributed by atoms with E-state index in [-0.39, 0.29) is 18.6 Å². The minimum atomic E-state index is -0.268. The molecule has 0 saturated heterocycles. The van der Waals surface area contributed by atoms with Crippen molar-refractivity contribution < 1.29 is 9.53 Å². The molecule has 0 aliphatic rings. The van der Waals surface area contributed by atoms with Gasteiger partial charge in [-0.15, -0.1) is 0 Å². The van der Waals surface area contributed by atoms with Crippen LogP contribution in [-0.2, 0) is 9.53 Å². The van der Waals surface area contributed by atoms with Crippen molar-refractivity contribution in [3.63, 3.8) is 0 Å². The van der Waals surface area contributed by atoms with Crippen LogP contribution >= 0.6 is 0 Å². The van der Waals surface area contributed by atoms with E-state index in [1.54, 1.807) is 13.0 Å². The van der Waals surface area contributed by atoms with Crippen molar-refractivity contribution in [2.24, 2.45) is 0 Å². The zero-order chi connectivity index (χ0) is 12.7. The van der Waals surface area contributed by atoms with Crippen LogP contribution in [-0.4, -0.2) is 19.1 Å². The maximum absolute atomic E-state index is 11.2. The highest BCUT2D eigenvalue weighted by Crippen LogP contribution is 2.13. The van der Waals surface area contributed by atoms with Crippen molar-refractivity contribution in [1.29, 1.82) is 5.26 Å². The number of carbonyl (C=O) groups is 1. The summed E-state index contributed by atoms with van der Waals surface area (Å²) >= 11 is 0. The SMILES string of the molecule is CCOC(=O)CNC(C)c1cccc(C#N)c1. The number of rotatable bonds is 5. The van der Waals surface area contributed by atoms with Gasteiger partial charge in [0.25, 0.3) is 0 Å². The van der Waals surface area contributed by atoms with E-state index in [1.807, 2.05) is 25.1 Å². The van der Waals surface area contributed by atoms with Gasteiger partial charge in [0.1, 0.15) is 0 Å². The number of nitrogens with one attached hydrogen (secondary N) is 1. The first-order valence-corrected chi connectivity index (χ1v) is 5.56. The Kier molecular flexibility index (Phi) is 5.18. The van der Waals surface area contributed by atoms with Gasteiger partial charge in [0, 0.05) is 6.04 Å². The van der Waals surface area contributed by atoms with Gasteiger partial charge in [0.15, 0.2) is 0 Å². The Morgan fingerprint density at radius 2 is 2.35 bits per heavy atom. The van der Waals surface area contributed by atoms with Crippen molar-refractivity contribution in [3.05, 3.63) is 35.4 Å². The zero-order valence-electron chi connectivity index (χ0n) is 10.1. The number of hydrogen-bond acceptors (Lipinski definition) is 4. The predicted octanol–water partition coefficient (Wildman–Crippen LogP) is 1.77. The zero-order valence-corrected chi connectivity index (χ0v) is 10.1. The maximum Gasteiger partial charge on any atom is 0.319 e. The molecule has 1 atom stereocenters. The molecule has 0 heterocycles. The largest absolute Gasteiger partial charge is 0.465 e. The first-order chi connectivity index (χ1) is 8.17. The van der Waals surface area contributed by atoms with E-state index in [0.717, 1.165) is 5.56 Å². The lowest BCUT2D eigenvalue weighted by Gasteiger charge is -2.13. The Morgan fingerprint density at radius 1 is 1.59 bits per heavy atom. The third-order valence-electron chi connectivity index (χ3n) is 2.37. The lowest BCUT2D eigenvalue weighted by Crippen LogP contribution is -2.27. The summed E-state index contributed by atoms with van der Waals surface area (Å²) in [5.74, 6) is -0.268. The fourth-order valence-electron chi connectivity index (χ4n) is 1.44. The fraction of sp³-hybridized carbons (Fsp3) is 0.385. The first kappa shape index (κ1) is 13.2. The Bertz CT molecular complexity index is 424. The maximum atomic E-state index is 11.2. The number of ether oxygens (including phenoxy) is 1. The summed E-state index contributed by atoms with van der Waals surface area (Å²) in [7, 11) is 0. The molecule has 0 spiro atoms. The molecule has 17 heavy (non-hydrogen) atoms. The van der Waals surface area contributed by atoms with Crippen LogP contribution in [0.2, 0.25) is 0 Å². The number of nitriles is 1. The minimum Gasteiger partial charge on any atom is -0.465 e. The Labute approximate surface area is 101 Å². The molecule has 0 aliphatic heterocycles. The van der Waals surface area contributed by atoms with Gasteiger partial charge in [-0.05, 0) is 31.5 Å². The molecule has 0 aromatic heterocycles. The number of nitrogens with zero attached hydrogens (tertiary/aromatic N) is 1. The molecule has 0 saturated carbocycles. The van der Waals surface area contributed by atoms with Gasteiger partial charge < -0.3 is 10.1 Å². The Balaban J connectivity index is 2.55. The highest BCUT2D eigenvalue weighted by Gasteiger charge is 2.08. The molecular weight excluding hydrogens is 216 g/mol. The van der Waals surface area contributed by atoms with E-state index < -0.39 is 0 Å².